The molecule has 0 saturated carbocycles. The van der Waals surface area contributed by atoms with Crippen molar-refractivity contribution >= 4 is 15.5 Å². The average molecular weight is 277 g/mol. The van der Waals surface area contributed by atoms with Crippen LogP contribution in [0.5, 0.6) is 5.75 Å². The third-order valence-corrected chi connectivity index (χ3v) is 3.91. The fourth-order valence-corrected chi connectivity index (χ4v) is 2.51. The van der Waals surface area contributed by atoms with Crippen molar-refractivity contribution in [2.24, 2.45) is 0 Å². The maximum Gasteiger partial charge on any atom is 0.175 e. The topological polar surface area (TPSA) is 69.4 Å². The fraction of sp³-hybridized carbons (Fsp3) is 0.143. The van der Waals surface area contributed by atoms with Gasteiger partial charge < -0.3 is 10.5 Å². The second-order valence-corrected chi connectivity index (χ2v) is 6.28. The van der Waals surface area contributed by atoms with Crippen LogP contribution < -0.4 is 10.5 Å². The summed E-state index contributed by atoms with van der Waals surface area (Å²) in [6.45, 7) is 0. The molecule has 0 atom stereocenters. The van der Waals surface area contributed by atoms with Crippen molar-refractivity contribution < 1.29 is 13.2 Å². The molecule has 2 aromatic rings. The summed E-state index contributed by atoms with van der Waals surface area (Å²) in [5.41, 5.74) is 7.90. The van der Waals surface area contributed by atoms with Crippen LogP contribution in [0.2, 0.25) is 0 Å². The van der Waals surface area contributed by atoms with Crippen molar-refractivity contribution in [2.45, 2.75) is 4.90 Å². The molecule has 0 amide bonds. The minimum atomic E-state index is -3.24. The molecular weight excluding hydrogens is 262 g/mol. The molecule has 0 bridgehead atoms. The molecule has 4 nitrogen and oxygen atoms in total. The molecular formula is C14H15NO3S. The highest BCUT2D eigenvalue weighted by molar-refractivity contribution is 7.90. The smallest absolute Gasteiger partial charge is 0.175 e. The van der Waals surface area contributed by atoms with Gasteiger partial charge in [0.05, 0.1) is 12.0 Å². The molecule has 0 spiro atoms. The van der Waals surface area contributed by atoms with Crippen LogP contribution in [-0.4, -0.2) is 21.8 Å². The van der Waals surface area contributed by atoms with E-state index in [2.05, 4.69) is 0 Å². The molecule has 2 rings (SSSR count). The minimum Gasteiger partial charge on any atom is -0.496 e. The molecule has 0 fully saturated rings. The Kier molecular flexibility index (Phi) is 3.48. The van der Waals surface area contributed by atoms with Gasteiger partial charge in [-0.1, -0.05) is 12.1 Å². The SMILES string of the molecule is COc1ccc(N)cc1-c1cccc(S(C)(=O)=O)c1. The quantitative estimate of drug-likeness (QED) is 0.874. The van der Waals surface area contributed by atoms with E-state index in [0.717, 1.165) is 11.1 Å². The highest BCUT2D eigenvalue weighted by Crippen LogP contribution is 2.32. The maximum atomic E-state index is 11.6. The second-order valence-electron chi connectivity index (χ2n) is 4.26. The van der Waals surface area contributed by atoms with E-state index < -0.39 is 9.84 Å². The molecule has 2 N–H and O–H groups in total. The van der Waals surface area contributed by atoms with E-state index in [1.54, 1.807) is 43.5 Å². The summed E-state index contributed by atoms with van der Waals surface area (Å²) in [7, 11) is -1.67. The third kappa shape index (κ3) is 2.88. The molecule has 100 valence electrons. The van der Waals surface area contributed by atoms with Crippen molar-refractivity contribution in [1.82, 2.24) is 0 Å². The summed E-state index contributed by atoms with van der Waals surface area (Å²) in [4.78, 5) is 0.273. The van der Waals surface area contributed by atoms with E-state index in [9.17, 15) is 8.42 Å². The van der Waals surface area contributed by atoms with Gasteiger partial charge in [-0.3, -0.25) is 0 Å². The van der Waals surface area contributed by atoms with Crippen LogP contribution in [0.3, 0.4) is 0 Å². The standard InChI is InChI=1S/C14H15NO3S/c1-18-14-7-6-11(15)9-13(14)10-4-3-5-12(8-10)19(2,16)17/h3-9H,15H2,1-2H3. The van der Waals surface area contributed by atoms with Gasteiger partial charge in [0.25, 0.3) is 0 Å². The van der Waals surface area contributed by atoms with E-state index >= 15 is 0 Å². The zero-order valence-corrected chi connectivity index (χ0v) is 11.6. The van der Waals surface area contributed by atoms with Crippen molar-refractivity contribution in [3.63, 3.8) is 0 Å². The summed E-state index contributed by atoms with van der Waals surface area (Å²) in [6.07, 6.45) is 1.18. The van der Waals surface area contributed by atoms with Crippen LogP contribution in [0.15, 0.2) is 47.4 Å². The van der Waals surface area contributed by atoms with Gasteiger partial charge in [-0.05, 0) is 35.9 Å². The highest BCUT2D eigenvalue weighted by Gasteiger charge is 2.11. The summed E-state index contributed by atoms with van der Waals surface area (Å²) in [5.74, 6) is 0.653. The molecule has 5 heteroatoms. The van der Waals surface area contributed by atoms with Gasteiger partial charge in [0.15, 0.2) is 9.84 Å². The van der Waals surface area contributed by atoms with Gasteiger partial charge in [-0.2, -0.15) is 0 Å². The zero-order chi connectivity index (χ0) is 14.0. The number of rotatable bonds is 3. The van der Waals surface area contributed by atoms with Crippen LogP contribution in [0, 0.1) is 0 Å². The first-order valence-corrected chi connectivity index (χ1v) is 7.55. The first kappa shape index (κ1) is 13.4. The van der Waals surface area contributed by atoms with Crippen LogP contribution in [-0.2, 0) is 9.84 Å². The molecule has 0 aliphatic carbocycles. The van der Waals surface area contributed by atoms with Crippen LogP contribution in [0.1, 0.15) is 0 Å². The van der Waals surface area contributed by atoms with Crippen LogP contribution >= 0.6 is 0 Å². The Morgan fingerprint density at radius 2 is 1.84 bits per heavy atom. The number of hydrogen-bond donors (Lipinski definition) is 1. The average Bonchev–Trinajstić information content (AvgIpc) is 2.38. The van der Waals surface area contributed by atoms with Gasteiger partial charge in [0.1, 0.15) is 5.75 Å². The summed E-state index contributed by atoms with van der Waals surface area (Å²) in [5, 5.41) is 0. The number of sulfone groups is 1. The molecule has 0 heterocycles. The number of ether oxygens (including phenoxy) is 1. The molecule has 0 saturated heterocycles. The van der Waals surface area contributed by atoms with E-state index in [1.807, 2.05) is 6.07 Å². The summed E-state index contributed by atoms with van der Waals surface area (Å²) >= 11 is 0. The molecule has 0 aliphatic rings. The summed E-state index contributed by atoms with van der Waals surface area (Å²) < 4.78 is 28.4. The zero-order valence-electron chi connectivity index (χ0n) is 10.8. The monoisotopic (exact) mass is 277 g/mol. The van der Waals surface area contributed by atoms with E-state index in [0.29, 0.717) is 11.4 Å². The van der Waals surface area contributed by atoms with Crippen molar-refractivity contribution in [3.05, 3.63) is 42.5 Å². The highest BCUT2D eigenvalue weighted by atomic mass is 32.2. The Labute approximate surface area is 112 Å². The van der Waals surface area contributed by atoms with Gasteiger partial charge >= 0.3 is 0 Å². The summed E-state index contributed by atoms with van der Waals surface area (Å²) in [6, 6.07) is 12.0. The Hall–Kier alpha value is -2.01. The number of anilines is 1. The number of benzene rings is 2. The van der Waals surface area contributed by atoms with Gasteiger partial charge in [0, 0.05) is 17.5 Å². The third-order valence-electron chi connectivity index (χ3n) is 2.80. The fourth-order valence-electron chi connectivity index (χ4n) is 1.85. The molecule has 0 unspecified atom stereocenters. The Bertz CT molecular complexity index is 708. The minimum absolute atomic E-state index is 0.273. The molecule has 0 aromatic heterocycles. The molecule has 0 aliphatic heterocycles. The first-order chi connectivity index (χ1) is 8.91. The first-order valence-electron chi connectivity index (χ1n) is 5.66. The molecule has 19 heavy (non-hydrogen) atoms. The molecule has 0 radical (unpaired) electrons. The van der Waals surface area contributed by atoms with Crippen molar-refractivity contribution in [3.8, 4) is 16.9 Å². The number of hydrogen-bond acceptors (Lipinski definition) is 4. The Morgan fingerprint density at radius 3 is 2.47 bits per heavy atom. The Balaban J connectivity index is 2.62. The van der Waals surface area contributed by atoms with E-state index in [1.165, 1.54) is 6.26 Å². The van der Waals surface area contributed by atoms with E-state index in [-0.39, 0.29) is 4.90 Å². The van der Waals surface area contributed by atoms with Gasteiger partial charge in [0.2, 0.25) is 0 Å². The number of methoxy groups -OCH3 is 1. The second kappa shape index (κ2) is 4.93. The number of nitrogen functional groups attached to an aromatic ring is 1. The lowest BCUT2D eigenvalue weighted by atomic mass is 10.0. The van der Waals surface area contributed by atoms with Crippen LogP contribution in [0.4, 0.5) is 5.69 Å². The van der Waals surface area contributed by atoms with Gasteiger partial charge in [-0.15, -0.1) is 0 Å². The normalized spacial score (nSPS) is 11.3. The molecule has 2 aromatic carbocycles. The van der Waals surface area contributed by atoms with Crippen molar-refractivity contribution in [1.29, 1.82) is 0 Å². The van der Waals surface area contributed by atoms with Crippen LogP contribution in [0.25, 0.3) is 11.1 Å². The van der Waals surface area contributed by atoms with Gasteiger partial charge in [-0.25, -0.2) is 8.42 Å². The predicted molar refractivity (Wildman–Crippen MR) is 76.0 cm³/mol. The lowest BCUT2D eigenvalue weighted by Crippen LogP contribution is -1.97. The Morgan fingerprint density at radius 1 is 1.11 bits per heavy atom. The lowest BCUT2D eigenvalue weighted by molar-refractivity contribution is 0.416. The number of nitrogens with two attached hydrogens (primary N) is 1. The van der Waals surface area contributed by atoms with Crippen molar-refractivity contribution in [2.75, 3.05) is 19.1 Å². The van der Waals surface area contributed by atoms with E-state index in [4.69, 9.17) is 10.5 Å². The largest absolute Gasteiger partial charge is 0.496 e. The predicted octanol–water partition coefficient (Wildman–Crippen LogP) is 2.35. The lowest BCUT2D eigenvalue weighted by Gasteiger charge is -2.10. The maximum absolute atomic E-state index is 11.6.